The molecule has 3 aliphatic heterocycles. The number of carbonyl (C=O) groups excluding carboxylic acids is 1. The molecule has 0 aromatic heterocycles. The molecule has 9 heteroatoms. The monoisotopic (exact) mass is 495 g/mol. The highest BCUT2D eigenvalue weighted by Gasteiger charge is 2.75. The van der Waals surface area contributed by atoms with E-state index in [4.69, 9.17) is 21.3 Å². The summed E-state index contributed by atoms with van der Waals surface area (Å²) < 4.78 is 5.18. The summed E-state index contributed by atoms with van der Waals surface area (Å²) in [6.07, 6.45) is 3.30. The van der Waals surface area contributed by atoms with Gasteiger partial charge in [-0.05, 0) is 49.3 Å². The summed E-state index contributed by atoms with van der Waals surface area (Å²) in [4.78, 5) is 30.2. The minimum Gasteiger partial charge on any atom is -0.467 e. The van der Waals surface area contributed by atoms with Crippen molar-refractivity contribution >= 4 is 50.6 Å². The first kappa shape index (κ1) is 20.4. The van der Waals surface area contributed by atoms with Gasteiger partial charge >= 0.3 is 5.97 Å². The van der Waals surface area contributed by atoms with Gasteiger partial charge in [-0.2, -0.15) is 0 Å². The molecule has 1 aromatic carbocycles. The summed E-state index contributed by atoms with van der Waals surface area (Å²) in [5.41, 5.74) is 1.16. The number of halogens is 2. The normalized spacial score (nSPS) is 39.0. The SMILES string of the molecule is CC[C@]12CCCN3C[C@@H](Br)C4(C(=Nc5ccc([N+](=O)[O-])cc54)[C@@](Cl)(C(=O)OC)C1)[C@@H]32. The van der Waals surface area contributed by atoms with Gasteiger partial charge in [0, 0.05) is 29.5 Å². The van der Waals surface area contributed by atoms with Crippen LogP contribution in [0.1, 0.15) is 38.2 Å². The van der Waals surface area contributed by atoms with Crippen LogP contribution in [0, 0.1) is 15.5 Å². The highest BCUT2D eigenvalue weighted by atomic mass is 79.9. The Labute approximate surface area is 188 Å². The van der Waals surface area contributed by atoms with E-state index in [0.717, 1.165) is 37.9 Å². The van der Waals surface area contributed by atoms with E-state index in [9.17, 15) is 14.9 Å². The van der Waals surface area contributed by atoms with Crippen molar-refractivity contribution in [2.24, 2.45) is 10.4 Å². The molecule has 2 saturated heterocycles. The van der Waals surface area contributed by atoms with E-state index >= 15 is 0 Å². The van der Waals surface area contributed by atoms with E-state index in [1.165, 1.54) is 13.2 Å². The van der Waals surface area contributed by atoms with Crippen molar-refractivity contribution in [2.45, 2.75) is 53.8 Å². The highest BCUT2D eigenvalue weighted by Crippen LogP contribution is 2.67. The zero-order chi connectivity index (χ0) is 21.5. The molecule has 160 valence electrons. The van der Waals surface area contributed by atoms with Crippen LogP contribution in [0.3, 0.4) is 0 Å². The Morgan fingerprint density at radius 2 is 2.27 bits per heavy atom. The molecule has 1 saturated carbocycles. The van der Waals surface area contributed by atoms with Gasteiger partial charge in [-0.1, -0.05) is 34.5 Å². The lowest BCUT2D eigenvalue weighted by Crippen LogP contribution is -2.70. The van der Waals surface area contributed by atoms with E-state index < -0.39 is 16.3 Å². The molecule has 1 aliphatic carbocycles. The molecule has 7 nitrogen and oxygen atoms in total. The lowest BCUT2D eigenvalue weighted by molar-refractivity contribution is -0.384. The Kier molecular flexibility index (Phi) is 4.42. The first-order valence-electron chi connectivity index (χ1n) is 10.3. The fourth-order valence-electron chi connectivity index (χ4n) is 6.77. The van der Waals surface area contributed by atoms with E-state index in [1.807, 2.05) is 0 Å². The molecule has 0 radical (unpaired) electrons. The van der Waals surface area contributed by atoms with Crippen LogP contribution in [0.2, 0.25) is 0 Å². The van der Waals surface area contributed by atoms with E-state index in [0.29, 0.717) is 17.8 Å². The van der Waals surface area contributed by atoms with Crippen molar-refractivity contribution in [3.63, 3.8) is 0 Å². The third-order valence-electron chi connectivity index (χ3n) is 7.83. The Hall–Kier alpha value is -1.51. The molecule has 3 fully saturated rings. The number of aliphatic imine (C=N–C) groups is 1. The maximum absolute atomic E-state index is 13.1. The average molecular weight is 497 g/mol. The van der Waals surface area contributed by atoms with Crippen molar-refractivity contribution in [2.75, 3.05) is 20.2 Å². The van der Waals surface area contributed by atoms with Gasteiger partial charge in [0.15, 0.2) is 4.87 Å². The number of fused-ring (bicyclic) bond motifs is 1. The number of piperidine rings is 1. The lowest BCUT2D eigenvalue weighted by atomic mass is 9.50. The summed E-state index contributed by atoms with van der Waals surface area (Å²) in [5, 5.41) is 11.6. The number of ether oxygens (including phenoxy) is 1. The average Bonchev–Trinajstić information content (AvgIpc) is 3.24. The molecule has 30 heavy (non-hydrogen) atoms. The van der Waals surface area contributed by atoms with Crippen LogP contribution in [-0.2, 0) is 14.9 Å². The van der Waals surface area contributed by atoms with Gasteiger partial charge in [0.25, 0.3) is 5.69 Å². The van der Waals surface area contributed by atoms with Crippen LogP contribution in [0.25, 0.3) is 0 Å². The van der Waals surface area contributed by atoms with Gasteiger partial charge < -0.3 is 4.74 Å². The number of hydrogen-bond donors (Lipinski definition) is 0. The summed E-state index contributed by atoms with van der Waals surface area (Å²) in [6.45, 7) is 3.89. The number of alkyl halides is 2. The van der Waals surface area contributed by atoms with Crippen molar-refractivity contribution in [1.82, 2.24) is 4.90 Å². The van der Waals surface area contributed by atoms with Crippen molar-refractivity contribution in [1.29, 1.82) is 0 Å². The topological polar surface area (TPSA) is 85.0 Å². The summed E-state index contributed by atoms with van der Waals surface area (Å²) >= 11 is 11.1. The lowest BCUT2D eigenvalue weighted by Gasteiger charge is -2.59. The van der Waals surface area contributed by atoms with Crippen LogP contribution in [0.5, 0.6) is 0 Å². The summed E-state index contributed by atoms with van der Waals surface area (Å²) in [6, 6.07) is 4.86. The van der Waals surface area contributed by atoms with Gasteiger partial charge in [0.2, 0.25) is 0 Å². The molecule has 1 unspecified atom stereocenters. The van der Waals surface area contributed by atoms with E-state index in [-0.39, 0.29) is 26.9 Å². The molecule has 4 aliphatic rings. The standard InChI is InChI=1S/C21H23BrClN3O4/c1-3-19-7-4-8-25-10-15(22)21(17(19)25)13-9-12(26(28)29)5-6-14(13)24-16(21)20(23,11-19)18(27)30-2/h5-6,9,15,17H,3-4,7-8,10-11H2,1-2H3/t15-,17+,19+,20-,21?/m1/s1. The fraction of sp³-hybridized carbons (Fsp3) is 0.619. The maximum Gasteiger partial charge on any atom is 0.332 e. The van der Waals surface area contributed by atoms with E-state index in [2.05, 4.69) is 27.8 Å². The molecule has 1 spiro atoms. The first-order valence-corrected chi connectivity index (χ1v) is 11.6. The molecule has 3 heterocycles. The number of nitrogens with zero attached hydrogens (tertiary/aromatic N) is 3. The smallest absolute Gasteiger partial charge is 0.332 e. The quantitative estimate of drug-likeness (QED) is 0.272. The van der Waals surface area contributed by atoms with Crippen molar-refractivity contribution < 1.29 is 14.5 Å². The van der Waals surface area contributed by atoms with Gasteiger partial charge in [-0.25, -0.2) is 4.79 Å². The number of hydrogen-bond acceptors (Lipinski definition) is 6. The number of non-ortho nitro benzene ring substituents is 1. The largest absolute Gasteiger partial charge is 0.467 e. The minimum atomic E-state index is -1.39. The number of methoxy groups -OCH3 is 1. The van der Waals surface area contributed by atoms with E-state index in [1.54, 1.807) is 12.1 Å². The van der Waals surface area contributed by atoms with Gasteiger partial charge in [-0.3, -0.25) is 20.0 Å². The summed E-state index contributed by atoms with van der Waals surface area (Å²) in [7, 11) is 1.35. The molecule has 1 aromatic rings. The van der Waals surface area contributed by atoms with Gasteiger partial charge in [0.1, 0.15) is 0 Å². The predicted molar refractivity (Wildman–Crippen MR) is 117 cm³/mol. The first-order chi connectivity index (χ1) is 14.2. The van der Waals surface area contributed by atoms with Crippen LogP contribution in [0.4, 0.5) is 11.4 Å². The Bertz CT molecular complexity index is 1000. The van der Waals surface area contributed by atoms with Gasteiger partial charge in [-0.15, -0.1) is 0 Å². The van der Waals surface area contributed by atoms with Crippen LogP contribution < -0.4 is 0 Å². The third-order valence-corrected chi connectivity index (χ3v) is 9.31. The van der Waals surface area contributed by atoms with Crippen LogP contribution in [-0.4, -0.2) is 57.4 Å². The maximum atomic E-state index is 13.1. The molecular weight excluding hydrogens is 474 g/mol. The number of benzene rings is 1. The number of nitro benzene ring substituents is 1. The molecule has 5 rings (SSSR count). The zero-order valence-corrected chi connectivity index (χ0v) is 19.2. The Balaban J connectivity index is 1.84. The third kappa shape index (κ3) is 2.25. The Morgan fingerprint density at radius 1 is 1.50 bits per heavy atom. The van der Waals surface area contributed by atoms with Crippen LogP contribution >= 0.6 is 27.5 Å². The van der Waals surface area contributed by atoms with Crippen molar-refractivity contribution in [3.05, 3.63) is 33.9 Å². The second kappa shape index (κ2) is 6.50. The van der Waals surface area contributed by atoms with Crippen LogP contribution in [0.15, 0.2) is 23.2 Å². The van der Waals surface area contributed by atoms with Gasteiger partial charge in [0.05, 0.1) is 28.8 Å². The molecule has 0 bridgehead atoms. The summed E-state index contributed by atoms with van der Waals surface area (Å²) in [5.74, 6) is -0.500. The fourth-order valence-corrected chi connectivity index (χ4v) is 8.40. The number of nitro groups is 1. The zero-order valence-electron chi connectivity index (χ0n) is 16.9. The Morgan fingerprint density at radius 3 is 2.93 bits per heavy atom. The number of esters is 1. The second-order valence-corrected chi connectivity index (χ2v) is 10.7. The highest BCUT2D eigenvalue weighted by molar-refractivity contribution is 9.09. The molecule has 5 atom stereocenters. The van der Waals surface area contributed by atoms with Crippen molar-refractivity contribution in [3.8, 4) is 0 Å². The molecule has 0 amide bonds. The number of carbonyl (C=O) groups is 1. The molecular formula is C21H23BrClN3O4. The molecule has 0 N–H and O–H groups in total. The second-order valence-electron chi connectivity index (χ2n) is 8.94. The predicted octanol–water partition coefficient (Wildman–Crippen LogP) is 4.11. The number of rotatable bonds is 3. The minimum absolute atomic E-state index is 0.0273.